The number of allylic oxidation sites excluding steroid dienone is 3. The zero-order valence-electron chi connectivity index (χ0n) is 29.6. The molecule has 0 unspecified atom stereocenters. The third kappa shape index (κ3) is 6.41. The normalized spacial score (nSPS) is 38.6. The van der Waals surface area contributed by atoms with Crippen LogP contribution in [0.5, 0.6) is 0 Å². The van der Waals surface area contributed by atoms with Crippen molar-refractivity contribution in [3.05, 3.63) is 47.1 Å². The maximum atomic E-state index is 12.4. The van der Waals surface area contributed by atoms with E-state index in [9.17, 15) is 9.59 Å². The smallest absolute Gasteiger partial charge is 0.162 e. The summed E-state index contributed by atoms with van der Waals surface area (Å²) in [7, 11) is 1.63. The SMILES string of the molecule is C=C1CC[C@H]2C(C)(C)CCC[C@]2(C)[C@H]1C/C=C(/C=O)C[C@@H](OC)O[C@H]1CC(C[C@H]2C(=C)CC[C@H]3C(C)(C)CCC[C@]23C)=C1C=O. The minimum Gasteiger partial charge on any atom is -0.356 e. The van der Waals surface area contributed by atoms with E-state index in [4.69, 9.17) is 9.47 Å². The fraction of sp³-hybridized carbons (Fsp3) is 0.756. The van der Waals surface area contributed by atoms with Gasteiger partial charge in [-0.25, -0.2) is 0 Å². The van der Waals surface area contributed by atoms with E-state index >= 15 is 0 Å². The number of methoxy groups -OCH3 is 1. The highest BCUT2D eigenvalue weighted by Crippen LogP contribution is 2.63. The lowest BCUT2D eigenvalue weighted by Crippen LogP contribution is -2.50. The Morgan fingerprint density at radius 3 is 1.96 bits per heavy atom. The van der Waals surface area contributed by atoms with Gasteiger partial charge in [0.1, 0.15) is 12.6 Å². The second-order valence-electron chi connectivity index (χ2n) is 17.5. The van der Waals surface area contributed by atoms with Crippen LogP contribution in [0, 0.1) is 45.3 Å². The molecular formula is C41H62O4. The second-order valence-corrected chi connectivity index (χ2v) is 17.5. The zero-order chi connectivity index (χ0) is 32.8. The molecule has 0 aromatic rings. The van der Waals surface area contributed by atoms with Crippen LogP contribution in [0.4, 0.5) is 0 Å². The van der Waals surface area contributed by atoms with Crippen molar-refractivity contribution in [2.75, 3.05) is 7.11 Å². The molecule has 0 bridgehead atoms. The van der Waals surface area contributed by atoms with Crippen LogP contribution in [0.3, 0.4) is 0 Å². The van der Waals surface area contributed by atoms with Crippen molar-refractivity contribution in [2.24, 2.45) is 45.3 Å². The minimum absolute atomic E-state index is 0.221. The molecule has 0 amide bonds. The van der Waals surface area contributed by atoms with Crippen LogP contribution in [-0.4, -0.2) is 32.1 Å². The molecule has 8 atom stereocenters. The number of fused-ring (bicyclic) bond motifs is 2. The highest BCUT2D eigenvalue weighted by Gasteiger charge is 2.54. The first-order valence-corrected chi connectivity index (χ1v) is 18.0. The summed E-state index contributed by atoms with van der Waals surface area (Å²) in [6.45, 7) is 23.8. The fourth-order valence-corrected chi connectivity index (χ4v) is 11.6. The fourth-order valence-electron chi connectivity index (χ4n) is 11.6. The van der Waals surface area contributed by atoms with Gasteiger partial charge in [-0.05, 0) is 122 Å². The van der Waals surface area contributed by atoms with Gasteiger partial charge in [0, 0.05) is 19.1 Å². The number of hydrogen-bond acceptors (Lipinski definition) is 4. The van der Waals surface area contributed by atoms with E-state index in [0.29, 0.717) is 46.5 Å². The molecule has 0 saturated heterocycles. The van der Waals surface area contributed by atoms with Crippen LogP contribution in [-0.2, 0) is 19.1 Å². The summed E-state index contributed by atoms with van der Waals surface area (Å²) in [4.78, 5) is 24.7. The van der Waals surface area contributed by atoms with E-state index < -0.39 is 6.29 Å². The van der Waals surface area contributed by atoms with Crippen molar-refractivity contribution >= 4 is 12.6 Å². The number of carbonyl (C=O) groups excluding carboxylic acids is 2. The molecule has 0 N–H and O–H groups in total. The van der Waals surface area contributed by atoms with Gasteiger partial charge in [0.2, 0.25) is 0 Å². The first-order valence-electron chi connectivity index (χ1n) is 18.0. The minimum atomic E-state index is -0.569. The molecule has 0 spiro atoms. The van der Waals surface area contributed by atoms with Gasteiger partial charge in [-0.1, -0.05) is 90.3 Å². The van der Waals surface area contributed by atoms with E-state index in [-0.39, 0.29) is 16.9 Å². The van der Waals surface area contributed by atoms with Gasteiger partial charge < -0.3 is 9.47 Å². The van der Waals surface area contributed by atoms with Gasteiger partial charge in [0.15, 0.2) is 6.29 Å². The van der Waals surface area contributed by atoms with Gasteiger partial charge in [-0.15, -0.1) is 0 Å². The highest BCUT2D eigenvalue weighted by molar-refractivity contribution is 5.79. The molecule has 250 valence electrons. The van der Waals surface area contributed by atoms with Crippen molar-refractivity contribution in [2.45, 2.75) is 144 Å². The summed E-state index contributed by atoms with van der Waals surface area (Å²) in [6, 6.07) is 0. The molecule has 0 radical (unpaired) electrons. The zero-order valence-corrected chi connectivity index (χ0v) is 29.6. The average Bonchev–Trinajstić information content (AvgIpc) is 2.95. The Kier molecular flexibility index (Phi) is 10.00. The number of ether oxygens (including phenoxy) is 2. The van der Waals surface area contributed by atoms with Gasteiger partial charge in [0.05, 0.1) is 6.10 Å². The van der Waals surface area contributed by atoms with Crippen LogP contribution >= 0.6 is 0 Å². The number of hydrogen-bond donors (Lipinski definition) is 0. The van der Waals surface area contributed by atoms with Crippen LogP contribution in [0.15, 0.2) is 47.1 Å². The maximum Gasteiger partial charge on any atom is 0.162 e. The maximum absolute atomic E-state index is 12.4. The number of aldehydes is 2. The standard InChI is InChI=1S/C41H62O4/c1-27-12-16-35-38(3,4)18-10-20-40(35,7)32(27)15-14-29(25-42)22-37(44-9)45-34-24-30(31(34)26-43)23-33-28(2)13-17-36-39(5,6)19-11-21-41(33,36)8/h14,25-26,32-37H,1-2,10-13,15-24H2,3-9H3/b29-14+/t32-,33-,34-,35-,36-,37-,40+,41+/m0/s1. The molecule has 5 aliphatic carbocycles. The molecule has 4 saturated carbocycles. The topological polar surface area (TPSA) is 52.6 Å². The Morgan fingerprint density at radius 2 is 1.42 bits per heavy atom. The summed E-state index contributed by atoms with van der Waals surface area (Å²) in [6.07, 6.45) is 18.4. The van der Waals surface area contributed by atoms with E-state index in [1.807, 2.05) is 0 Å². The quantitative estimate of drug-likeness (QED) is 0.100. The Morgan fingerprint density at radius 1 is 0.867 bits per heavy atom. The second kappa shape index (κ2) is 13.0. The van der Waals surface area contributed by atoms with Crippen LogP contribution in [0.25, 0.3) is 0 Å². The van der Waals surface area contributed by atoms with Gasteiger partial charge in [-0.2, -0.15) is 0 Å². The van der Waals surface area contributed by atoms with E-state index in [1.165, 1.54) is 68.1 Å². The monoisotopic (exact) mass is 618 g/mol. The summed E-state index contributed by atoms with van der Waals surface area (Å²) in [5.74, 6) is 2.17. The highest BCUT2D eigenvalue weighted by atomic mass is 16.7. The predicted molar refractivity (Wildman–Crippen MR) is 184 cm³/mol. The molecule has 0 aliphatic heterocycles. The van der Waals surface area contributed by atoms with Crippen molar-refractivity contribution in [3.63, 3.8) is 0 Å². The van der Waals surface area contributed by atoms with Gasteiger partial charge in [-0.3, -0.25) is 9.59 Å². The molecule has 4 nitrogen and oxygen atoms in total. The lowest BCUT2D eigenvalue weighted by Gasteiger charge is -2.58. The first kappa shape index (κ1) is 34.6. The van der Waals surface area contributed by atoms with Crippen molar-refractivity contribution in [1.29, 1.82) is 0 Å². The molecule has 0 heterocycles. The van der Waals surface area contributed by atoms with Crippen LogP contribution < -0.4 is 0 Å². The molecule has 4 heteroatoms. The Hall–Kier alpha value is -1.78. The third-order valence-electron chi connectivity index (χ3n) is 14.2. The van der Waals surface area contributed by atoms with Crippen LogP contribution in [0.2, 0.25) is 0 Å². The molecule has 5 rings (SSSR count). The Balaban J connectivity index is 1.24. The van der Waals surface area contributed by atoms with E-state index in [0.717, 1.165) is 50.2 Å². The van der Waals surface area contributed by atoms with E-state index in [1.54, 1.807) is 7.11 Å². The first-order chi connectivity index (χ1) is 21.2. The van der Waals surface area contributed by atoms with Gasteiger partial charge >= 0.3 is 0 Å². The van der Waals surface area contributed by atoms with Crippen molar-refractivity contribution in [3.8, 4) is 0 Å². The third-order valence-corrected chi connectivity index (χ3v) is 14.2. The van der Waals surface area contributed by atoms with Crippen molar-refractivity contribution < 1.29 is 19.1 Å². The Bertz CT molecular complexity index is 1230. The molecular weight excluding hydrogens is 556 g/mol. The molecule has 45 heavy (non-hydrogen) atoms. The molecule has 0 aromatic heterocycles. The molecule has 0 aromatic carbocycles. The summed E-state index contributed by atoms with van der Waals surface area (Å²) < 4.78 is 12.1. The van der Waals surface area contributed by atoms with Gasteiger partial charge in [0.25, 0.3) is 0 Å². The summed E-state index contributed by atoms with van der Waals surface area (Å²) in [5.41, 5.74) is 6.57. The molecule has 5 aliphatic rings. The number of carbonyl (C=O) groups is 2. The number of rotatable bonds is 11. The lowest BCUT2D eigenvalue weighted by atomic mass is 9.46. The molecule has 4 fully saturated rings. The lowest BCUT2D eigenvalue weighted by molar-refractivity contribution is -0.152. The van der Waals surface area contributed by atoms with Crippen molar-refractivity contribution in [1.82, 2.24) is 0 Å². The summed E-state index contributed by atoms with van der Waals surface area (Å²) in [5, 5.41) is 0. The average molecular weight is 619 g/mol. The predicted octanol–water partition coefficient (Wildman–Crippen LogP) is 10.1. The largest absolute Gasteiger partial charge is 0.356 e. The Labute approximate surface area is 274 Å². The summed E-state index contributed by atoms with van der Waals surface area (Å²) >= 11 is 0. The van der Waals surface area contributed by atoms with Crippen LogP contribution in [0.1, 0.15) is 131 Å². The van der Waals surface area contributed by atoms with E-state index in [2.05, 4.69) is 60.8 Å².